The number of para-hydroxylation sites is 1. The monoisotopic (exact) mass is 504 g/mol. The summed E-state index contributed by atoms with van der Waals surface area (Å²) in [6.45, 7) is 3.03. The fourth-order valence-corrected chi connectivity index (χ4v) is 4.13. The summed E-state index contributed by atoms with van der Waals surface area (Å²) in [5.41, 5.74) is 2.11. The number of nitrogens with zero attached hydrogens (tertiary/aromatic N) is 2. The van der Waals surface area contributed by atoms with Gasteiger partial charge in [0.25, 0.3) is 10.7 Å². The molecule has 0 aliphatic carbocycles. The molecule has 0 spiro atoms. The molecule has 0 amide bonds. The lowest BCUT2D eigenvalue weighted by Crippen LogP contribution is -3.00. The van der Waals surface area contributed by atoms with Gasteiger partial charge >= 0.3 is 0 Å². The largest absolute Gasteiger partial charge is 1.00 e. The molecule has 28 heavy (non-hydrogen) atoms. The van der Waals surface area contributed by atoms with Crippen molar-refractivity contribution in [2.75, 3.05) is 0 Å². The highest BCUT2D eigenvalue weighted by Crippen LogP contribution is 2.26. The molecule has 0 unspecified atom stereocenters. The summed E-state index contributed by atoms with van der Waals surface area (Å²) in [6.07, 6.45) is 4.01. The summed E-state index contributed by atoms with van der Waals surface area (Å²) in [4.78, 5) is 10.4. The first-order valence-corrected chi connectivity index (χ1v) is 9.41. The Kier molecular flexibility index (Phi) is 6.25. The maximum Gasteiger partial charge on any atom is 0.269 e. The second-order valence-corrected chi connectivity index (χ2v) is 7.05. The van der Waals surface area contributed by atoms with E-state index < -0.39 is 4.92 Å². The molecule has 0 saturated heterocycles. The van der Waals surface area contributed by atoms with Crippen molar-refractivity contribution in [3.05, 3.63) is 81.5 Å². The average molecular weight is 504 g/mol. The van der Waals surface area contributed by atoms with E-state index in [1.54, 1.807) is 23.5 Å². The Morgan fingerprint density at radius 3 is 2.54 bits per heavy atom. The quantitative estimate of drug-likeness (QED) is 0.182. The van der Waals surface area contributed by atoms with Crippen molar-refractivity contribution in [3.8, 4) is 11.3 Å². The number of benzene rings is 2. The van der Waals surface area contributed by atoms with Crippen molar-refractivity contribution < 1.29 is 37.9 Å². The normalized spacial score (nSPS) is 11.0. The number of rotatable bonds is 5. The lowest BCUT2D eigenvalue weighted by atomic mass is 10.1. The maximum atomic E-state index is 10.8. The fraction of sp³-hybridized carbons (Fsp3) is 0.0952. The molecule has 2 aromatic heterocycles. The molecular weight excluding hydrogens is 487 g/mol. The third-order valence-corrected chi connectivity index (χ3v) is 5.46. The van der Waals surface area contributed by atoms with Gasteiger partial charge in [-0.3, -0.25) is 10.1 Å². The number of nitro benzene ring substituents is 1. The Bertz CT molecular complexity index is 1150. The lowest BCUT2D eigenvalue weighted by Gasteiger charge is -1.96. The highest BCUT2D eigenvalue weighted by Gasteiger charge is 2.16. The van der Waals surface area contributed by atoms with Gasteiger partial charge in [0.2, 0.25) is 5.52 Å². The van der Waals surface area contributed by atoms with Crippen LogP contribution in [-0.4, -0.2) is 4.92 Å². The van der Waals surface area contributed by atoms with E-state index in [2.05, 4.69) is 41.8 Å². The molecule has 5 nitrogen and oxygen atoms in total. The molecule has 7 heteroatoms. The predicted octanol–water partition coefficient (Wildman–Crippen LogP) is 2.55. The summed E-state index contributed by atoms with van der Waals surface area (Å²) in [7, 11) is 0. The molecular formula is C21H17IN2O3S. The van der Waals surface area contributed by atoms with Crippen molar-refractivity contribution in [2.45, 2.75) is 13.5 Å². The summed E-state index contributed by atoms with van der Waals surface area (Å²) in [5, 5.41) is 11.9. The first-order chi connectivity index (χ1) is 13.2. The van der Waals surface area contributed by atoms with Crippen molar-refractivity contribution >= 4 is 39.4 Å². The Balaban J connectivity index is 0.00000225. The van der Waals surface area contributed by atoms with Crippen LogP contribution in [0.1, 0.15) is 17.7 Å². The Morgan fingerprint density at radius 2 is 1.82 bits per heavy atom. The molecule has 0 atom stereocenters. The number of furan rings is 1. The second-order valence-electron chi connectivity index (χ2n) is 5.99. The summed E-state index contributed by atoms with van der Waals surface area (Å²) in [5.74, 6) is 1.42. The van der Waals surface area contributed by atoms with Crippen LogP contribution in [0.5, 0.6) is 0 Å². The molecule has 0 radical (unpaired) electrons. The molecule has 4 aromatic rings. The van der Waals surface area contributed by atoms with Gasteiger partial charge in [-0.25, -0.2) is 0 Å². The third kappa shape index (κ3) is 4.00. The van der Waals surface area contributed by atoms with Gasteiger partial charge in [-0.1, -0.05) is 23.5 Å². The third-order valence-electron chi connectivity index (χ3n) is 4.33. The zero-order valence-corrected chi connectivity index (χ0v) is 18.0. The number of non-ortho nitro benzene ring substituents is 1. The maximum absolute atomic E-state index is 10.8. The van der Waals surface area contributed by atoms with Gasteiger partial charge in [0.15, 0.2) is 0 Å². The van der Waals surface area contributed by atoms with Crippen LogP contribution >= 0.6 is 11.3 Å². The highest BCUT2D eigenvalue weighted by atomic mass is 127. The minimum atomic E-state index is -0.409. The molecule has 0 bridgehead atoms. The van der Waals surface area contributed by atoms with Gasteiger partial charge in [0.05, 0.1) is 4.92 Å². The van der Waals surface area contributed by atoms with Crippen LogP contribution in [0.4, 0.5) is 5.69 Å². The first-order valence-electron chi connectivity index (χ1n) is 8.60. The molecule has 142 valence electrons. The van der Waals surface area contributed by atoms with Gasteiger partial charge in [-0.2, -0.15) is 4.57 Å². The van der Waals surface area contributed by atoms with E-state index in [-0.39, 0.29) is 29.7 Å². The van der Waals surface area contributed by atoms with Crippen LogP contribution < -0.4 is 28.5 Å². The zero-order valence-electron chi connectivity index (χ0n) is 15.0. The Morgan fingerprint density at radius 1 is 1.07 bits per heavy atom. The zero-order chi connectivity index (χ0) is 18.8. The number of fused-ring (bicyclic) bond motifs is 1. The molecule has 0 aliphatic rings. The molecule has 0 aliphatic heterocycles. The van der Waals surface area contributed by atoms with Crippen molar-refractivity contribution in [1.29, 1.82) is 0 Å². The van der Waals surface area contributed by atoms with E-state index in [4.69, 9.17) is 4.42 Å². The number of hydrogen-bond acceptors (Lipinski definition) is 4. The van der Waals surface area contributed by atoms with Gasteiger partial charge in [-0.15, -0.1) is 0 Å². The summed E-state index contributed by atoms with van der Waals surface area (Å²) >= 11 is 1.75. The summed E-state index contributed by atoms with van der Waals surface area (Å²) in [6, 6.07) is 18.5. The van der Waals surface area contributed by atoms with Crippen LogP contribution in [0.15, 0.2) is 65.1 Å². The minimum Gasteiger partial charge on any atom is -1.00 e. The number of aromatic nitrogens is 1. The predicted molar refractivity (Wildman–Crippen MR) is 107 cm³/mol. The Hall–Kier alpha value is -2.52. The Labute approximate surface area is 183 Å². The van der Waals surface area contributed by atoms with Crippen molar-refractivity contribution in [3.63, 3.8) is 0 Å². The van der Waals surface area contributed by atoms with E-state index in [9.17, 15) is 10.1 Å². The van der Waals surface area contributed by atoms with Crippen LogP contribution in [-0.2, 0) is 6.54 Å². The van der Waals surface area contributed by atoms with Crippen molar-refractivity contribution in [2.24, 2.45) is 0 Å². The molecule has 4 rings (SSSR count). The molecule has 0 saturated carbocycles. The van der Waals surface area contributed by atoms with Gasteiger partial charge in [0.1, 0.15) is 22.8 Å². The number of nitro groups is 1. The van der Waals surface area contributed by atoms with Gasteiger partial charge in [0, 0.05) is 29.8 Å². The fourth-order valence-electron chi connectivity index (χ4n) is 3.00. The summed E-state index contributed by atoms with van der Waals surface area (Å²) < 4.78 is 9.41. The van der Waals surface area contributed by atoms with E-state index >= 15 is 0 Å². The molecule has 2 aromatic carbocycles. The van der Waals surface area contributed by atoms with Crippen LogP contribution in [0.3, 0.4) is 0 Å². The number of aryl methyl sites for hydroxylation is 1. The van der Waals surface area contributed by atoms with Crippen molar-refractivity contribution in [1.82, 2.24) is 0 Å². The van der Waals surface area contributed by atoms with Crippen LogP contribution in [0.25, 0.3) is 33.7 Å². The van der Waals surface area contributed by atoms with E-state index in [0.29, 0.717) is 5.76 Å². The SMILES string of the molecule is CC[n+]1c(/C=C/c2ccc(-c3ccc([N+](=O)[O-])cc3)o2)sc2ccccc21.[I-]. The van der Waals surface area contributed by atoms with E-state index in [1.165, 1.54) is 22.3 Å². The average Bonchev–Trinajstić information content (AvgIpc) is 3.30. The molecule has 0 N–H and O–H groups in total. The number of hydrogen-bond donors (Lipinski definition) is 0. The smallest absolute Gasteiger partial charge is 0.269 e. The number of halogens is 1. The minimum absolute atomic E-state index is 0. The second kappa shape index (κ2) is 8.66. The van der Waals surface area contributed by atoms with Gasteiger partial charge in [-0.05, 0) is 43.3 Å². The topological polar surface area (TPSA) is 60.2 Å². The highest BCUT2D eigenvalue weighted by molar-refractivity contribution is 7.18. The van der Waals surface area contributed by atoms with E-state index in [0.717, 1.165) is 22.9 Å². The standard InChI is InChI=1S/C21H17N2O3S.HI/c1-2-22-18-5-3-4-6-20(18)27-21(22)14-12-17-11-13-19(26-17)15-7-9-16(10-8-15)23(24)25;/h3-14H,2H2,1H3;1H/q+1;/p-1/b14-12+;. The lowest BCUT2D eigenvalue weighted by molar-refractivity contribution is -0.665. The van der Waals surface area contributed by atoms with E-state index in [1.807, 2.05) is 18.2 Å². The van der Waals surface area contributed by atoms with Crippen LogP contribution in [0, 0.1) is 10.1 Å². The molecule has 2 heterocycles. The number of thiazole rings is 1. The van der Waals surface area contributed by atoms with Gasteiger partial charge < -0.3 is 28.4 Å². The van der Waals surface area contributed by atoms with Crippen LogP contribution in [0.2, 0.25) is 0 Å². The first kappa shape index (κ1) is 20.2. The molecule has 0 fully saturated rings.